The van der Waals surface area contributed by atoms with Crippen molar-refractivity contribution in [3.05, 3.63) is 43.5 Å². The van der Waals surface area contributed by atoms with Crippen molar-refractivity contribution in [1.29, 1.82) is 0 Å². The van der Waals surface area contributed by atoms with E-state index in [-0.39, 0.29) is 23.1 Å². The van der Waals surface area contributed by atoms with Gasteiger partial charge in [0, 0.05) is 10.2 Å². The third-order valence-electron chi connectivity index (χ3n) is 2.55. The van der Waals surface area contributed by atoms with Gasteiger partial charge in [-0.2, -0.15) is 4.98 Å². The second-order valence-electron chi connectivity index (χ2n) is 3.99. The second-order valence-corrected chi connectivity index (χ2v) is 5.25. The van der Waals surface area contributed by atoms with Gasteiger partial charge in [0.2, 0.25) is 11.8 Å². The average molecular weight is 374 g/mol. The van der Waals surface area contributed by atoms with E-state index in [1.54, 1.807) is 18.2 Å². The third-order valence-corrected chi connectivity index (χ3v) is 3.77. The van der Waals surface area contributed by atoms with Crippen LogP contribution in [0.5, 0.6) is 0 Å². The maximum atomic E-state index is 11.2. The standard InChI is InChI=1S/C11H10BrClN6O2/c1-5-9(19(20)21)10(17-11(15-5)18-14)16-6-2-3-8(13)7(12)4-6/h2-4H,14H2,1H3,(H2,15,16,17,18). The molecule has 0 saturated carbocycles. The molecule has 0 saturated heterocycles. The summed E-state index contributed by atoms with van der Waals surface area (Å²) in [5.41, 5.74) is 2.82. The minimum Gasteiger partial charge on any atom is -0.334 e. The minimum absolute atomic E-state index is 0.0367. The number of nitro groups is 1. The fraction of sp³-hybridized carbons (Fsp3) is 0.0909. The Labute approximate surface area is 133 Å². The second kappa shape index (κ2) is 6.20. The van der Waals surface area contributed by atoms with E-state index in [9.17, 15) is 10.1 Å². The summed E-state index contributed by atoms with van der Waals surface area (Å²) in [6.45, 7) is 1.50. The Kier molecular flexibility index (Phi) is 4.56. The molecule has 21 heavy (non-hydrogen) atoms. The van der Waals surface area contributed by atoms with E-state index in [4.69, 9.17) is 17.4 Å². The predicted molar refractivity (Wildman–Crippen MR) is 83.7 cm³/mol. The molecular formula is C11H10BrClN6O2. The number of rotatable bonds is 4. The Morgan fingerprint density at radius 3 is 2.71 bits per heavy atom. The molecule has 0 aliphatic rings. The van der Waals surface area contributed by atoms with Gasteiger partial charge < -0.3 is 5.32 Å². The van der Waals surface area contributed by atoms with Crippen LogP contribution in [0.25, 0.3) is 0 Å². The van der Waals surface area contributed by atoms with Gasteiger partial charge in [0.05, 0.1) is 9.95 Å². The molecule has 4 N–H and O–H groups in total. The molecular weight excluding hydrogens is 364 g/mol. The zero-order chi connectivity index (χ0) is 15.6. The van der Waals surface area contributed by atoms with Crippen molar-refractivity contribution in [1.82, 2.24) is 9.97 Å². The number of nitrogen functional groups attached to an aromatic ring is 1. The molecule has 0 amide bonds. The van der Waals surface area contributed by atoms with Gasteiger partial charge >= 0.3 is 5.69 Å². The number of nitrogens with zero attached hydrogens (tertiary/aromatic N) is 3. The quantitative estimate of drug-likeness (QED) is 0.428. The van der Waals surface area contributed by atoms with Gasteiger partial charge in [-0.1, -0.05) is 11.6 Å². The van der Waals surface area contributed by atoms with Gasteiger partial charge in [-0.25, -0.2) is 10.8 Å². The van der Waals surface area contributed by atoms with E-state index < -0.39 is 4.92 Å². The van der Waals surface area contributed by atoms with E-state index in [0.717, 1.165) is 0 Å². The molecule has 110 valence electrons. The van der Waals surface area contributed by atoms with Gasteiger partial charge in [-0.05, 0) is 41.1 Å². The first-order chi connectivity index (χ1) is 9.92. The number of nitrogens with one attached hydrogen (secondary N) is 2. The van der Waals surface area contributed by atoms with Crippen molar-refractivity contribution in [2.75, 3.05) is 10.7 Å². The number of benzene rings is 1. The third kappa shape index (κ3) is 3.38. The summed E-state index contributed by atoms with van der Waals surface area (Å²) in [4.78, 5) is 18.5. The molecule has 8 nitrogen and oxygen atoms in total. The summed E-state index contributed by atoms with van der Waals surface area (Å²) in [5, 5.41) is 14.5. The first kappa shape index (κ1) is 15.4. The topological polar surface area (TPSA) is 119 Å². The fourth-order valence-corrected chi connectivity index (χ4v) is 2.14. The summed E-state index contributed by atoms with van der Waals surface area (Å²) in [6.07, 6.45) is 0. The number of hydrogen-bond donors (Lipinski definition) is 3. The normalized spacial score (nSPS) is 10.3. The predicted octanol–water partition coefficient (Wildman–Crippen LogP) is 3.14. The average Bonchev–Trinajstić information content (AvgIpc) is 2.41. The lowest BCUT2D eigenvalue weighted by Crippen LogP contribution is -2.13. The van der Waals surface area contributed by atoms with Gasteiger partial charge in [0.1, 0.15) is 5.69 Å². The van der Waals surface area contributed by atoms with Crippen LogP contribution in [0, 0.1) is 17.0 Å². The highest BCUT2D eigenvalue weighted by atomic mass is 79.9. The largest absolute Gasteiger partial charge is 0.334 e. The molecule has 0 unspecified atom stereocenters. The SMILES string of the molecule is Cc1nc(NN)nc(Nc2ccc(Cl)c(Br)c2)c1[N+](=O)[O-]. The summed E-state index contributed by atoms with van der Waals surface area (Å²) in [7, 11) is 0. The lowest BCUT2D eigenvalue weighted by Gasteiger charge is -2.10. The van der Waals surface area contributed by atoms with Crippen LogP contribution in [0.4, 0.5) is 23.1 Å². The van der Waals surface area contributed by atoms with Crippen molar-refractivity contribution in [2.24, 2.45) is 5.84 Å². The van der Waals surface area contributed by atoms with Crippen molar-refractivity contribution < 1.29 is 4.92 Å². The first-order valence-electron chi connectivity index (χ1n) is 5.64. The molecule has 1 aromatic heterocycles. The van der Waals surface area contributed by atoms with Gasteiger partial charge in [0.25, 0.3) is 0 Å². The molecule has 2 aromatic rings. The highest BCUT2D eigenvalue weighted by molar-refractivity contribution is 9.10. The van der Waals surface area contributed by atoms with Gasteiger partial charge in [0.15, 0.2) is 0 Å². The molecule has 0 spiro atoms. The van der Waals surface area contributed by atoms with Crippen LogP contribution in [-0.2, 0) is 0 Å². The zero-order valence-electron chi connectivity index (χ0n) is 10.7. The van der Waals surface area contributed by atoms with Crippen molar-refractivity contribution >= 4 is 50.7 Å². The van der Waals surface area contributed by atoms with Crippen LogP contribution in [0.15, 0.2) is 22.7 Å². The number of hydrogen-bond acceptors (Lipinski definition) is 7. The number of nitrogens with two attached hydrogens (primary N) is 1. The van der Waals surface area contributed by atoms with E-state index in [1.807, 2.05) is 0 Å². The summed E-state index contributed by atoms with van der Waals surface area (Å²) in [5.74, 6) is 5.37. The van der Waals surface area contributed by atoms with E-state index in [1.165, 1.54) is 6.92 Å². The van der Waals surface area contributed by atoms with Gasteiger partial charge in [-0.15, -0.1) is 0 Å². The molecule has 0 aliphatic heterocycles. The summed E-state index contributed by atoms with van der Waals surface area (Å²) >= 11 is 9.18. The van der Waals surface area contributed by atoms with E-state index >= 15 is 0 Å². The number of aryl methyl sites for hydroxylation is 1. The monoisotopic (exact) mass is 372 g/mol. The Balaban J connectivity index is 2.48. The van der Waals surface area contributed by atoms with Crippen molar-refractivity contribution in [3.8, 4) is 0 Å². The highest BCUT2D eigenvalue weighted by Crippen LogP contribution is 2.31. The minimum atomic E-state index is -0.553. The van der Waals surface area contributed by atoms with Crippen LogP contribution < -0.4 is 16.6 Å². The molecule has 0 radical (unpaired) electrons. The Bertz CT molecular complexity index is 711. The Morgan fingerprint density at radius 1 is 1.43 bits per heavy atom. The lowest BCUT2D eigenvalue weighted by atomic mass is 10.3. The van der Waals surface area contributed by atoms with E-state index in [2.05, 4.69) is 36.6 Å². The number of halogens is 2. The van der Waals surface area contributed by atoms with Crippen LogP contribution in [0.1, 0.15) is 5.69 Å². The maximum Gasteiger partial charge on any atom is 0.332 e. The maximum absolute atomic E-state index is 11.2. The van der Waals surface area contributed by atoms with Crippen molar-refractivity contribution in [3.63, 3.8) is 0 Å². The molecule has 0 aliphatic carbocycles. The number of aromatic nitrogens is 2. The van der Waals surface area contributed by atoms with Crippen molar-refractivity contribution in [2.45, 2.75) is 6.92 Å². The van der Waals surface area contributed by atoms with Gasteiger partial charge in [-0.3, -0.25) is 15.5 Å². The summed E-state index contributed by atoms with van der Waals surface area (Å²) < 4.78 is 0.653. The Hall–Kier alpha value is -1.97. The first-order valence-corrected chi connectivity index (χ1v) is 6.81. The zero-order valence-corrected chi connectivity index (χ0v) is 13.1. The van der Waals surface area contributed by atoms with Crippen LogP contribution in [-0.4, -0.2) is 14.9 Å². The molecule has 1 aromatic carbocycles. The lowest BCUT2D eigenvalue weighted by molar-refractivity contribution is -0.385. The van der Waals surface area contributed by atoms with Crippen LogP contribution in [0.2, 0.25) is 5.02 Å². The fourth-order valence-electron chi connectivity index (χ4n) is 1.65. The smallest absolute Gasteiger partial charge is 0.332 e. The molecule has 0 atom stereocenters. The molecule has 2 rings (SSSR count). The number of anilines is 3. The van der Waals surface area contributed by atoms with Crippen LogP contribution in [0.3, 0.4) is 0 Å². The number of hydrazine groups is 1. The summed E-state index contributed by atoms with van der Waals surface area (Å²) in [6, 6.07) is 5.00. The van der Waals surface area contributed by atoms with Crippen LogP contribution >= 0.6 is 27.5 Å². The molecule has 10 heteroatoms. The highest BCUT2D eigenvalue weighted by Gasteiger charge is 2.22. The Morgan fingerprint density at radius 2 is 2.14 bits per heavy atom. The van der Waals surface area contributed by atoms with E-state index in [0.29, 0.717) is 15.2 Å². The molecule has 0 bridgehead atoms. The molecule has 0 fully saturated rings. The molecule has 1 heterocycles.